The summed E-state index contributed by atoms with van der Waals surface area (Å²) in [5.74, 6) is 0.949. The molecule has 0 radical (unpaired) electrons. The number of imidazole rings is 1. The molecule has 0 saturated carbocycles. The van der Waals surface area contributed by atoms with E-state index in [1.807, 2.05) is 54.7 Å². The van der Waals surface area contributed by atoms with Crippen molar-refractivity contribution in [2.75, 3.05) is 56.6 Å². The Labute approximate surface area is 253 Å². The highest BCUT2D eigenvalue weighted by Crippen LogP contribution is 2.38. The van der Waals surface area contributed by atoms with Gasteiger partial charge < -0.3 is 19.5 Å². The zero-order chi connectivity index (χ0) is 29.5. The van der Waals surface area contributed by atoms with E-state index in [4.69, 9.17) is 21.6 Å². The first kappa shape index (κ1) is 28.1. The largest absolute Gasteiger partial charge is 0.345 e. The second-order valence-electron chi connectivity index (χ2n) is 10.9. The first-order chi connectivity index (χ1) is 20.3. The lowest BCUT2D eigenvalue weighted by Crippen LogP contribution is -2.55. The van der Waals surface area contributed by atoms with Gasteiger partial charge in [0, 0.05) is 31.7 Å². The number of hydrogen-bond donors (Lipinski definition) is 0. The Bertz CT molecular complexity index is 1700. The van der Waals surface area contributed by atoms with Crippen molar-refractivity contribution < 1.29 is 4.79 Å². The third-order valence-corrected chi connectivity index (χ3v) is 10.1. The minimum Gasteiger partial charge on any atom is -0.345 e. The molecule has 42 heavy (non-hydrogen) atoms. The molecule has 0 bridgehead atoms. The van der Waals surface area contributed by atoms with Gasteiger partial charge in [0.1, 0.15) is 16.6 Å². The summed E-state index contributed by atoms with van der Waals surface area (Å²) in [6.07, 6.45) is 1.69. The normalized spacial score (nSPS) is 17.1. The molecule has 13 heteroatoms. The van der Waals surface area contributed by atoms with Crippen LogP contribution in [0.15, 0.2) is 24.3 Å². The van der Waals surface area contributed by atoms with Gasteiger partial charge >= 0.3 is 0 Å². The van der Waals surface area contributed by atoms with Crippen LogP contribution in [0.2, 0.25) is 0 Å². The Morgan fingerprint density at radius 3 is 2.64 bits per heavy atom. The standard InChI is InChI=1S/C29H32N10OS2/c1-6-22-26(36(5)27-33-25(23(13-30)41-27)19-9-7-18(2)8-10-19)39-28(32-22)42-29(34-39)37-12-11-21(16-37)35(4)17-24(40)38-14-20(15-38)31-3/h7-10,20-21H,6,11-12,14-17H2,1-2,4-5H3/t21-/m0/s1. The summed E-state index contributed by atoms with van der Waals surface area (Å²) in [4.78, 5) is 35.5. The lowest BCUT2D eigenvalue weighted by Gasteiger charge is -2.34. The first-order valence-electron chi connectivity index (χ1n) is 14.0. The molecule has 5 heterocycles. The van der Waals surface area contributed by atoms with Crippen molar-refractivity contribution in [3.8, 4) is 17.3 Å². The number of likely N-dealkylation sites (N-methyl/N-ethyl adjacent to an activating group) is 1. The van der Waals surface area contributed by atoms with Crippen LogP contribution in [-0.4, -0.2) is 94.2 Å². The lowest BCUT2D eigenvalue weighted by molar-refractivity contribution is -0.136. The molecule has 2 saturated heterocycles. The summed E-state index contributed by atoms with van der Waals surface area (Å²) in [6, 6.07) is 10.6. The number of thiazole rings is 1. The molecule has 11 nitrogen and oxygen atoms in total. The second kappa shape index (κ2) is 11.3. The van der Waals surface area contributed by atoms with Crippen molar-refractivity contribution in [2.24, 2.45) is 0 Å². The maximum Gasteiger partial charge on any atom is 0.258 e. The van der Waals surface area contributed by atoms with Gasteiger partial charge in [-0.1, -0.05) is 59.4 Å². The van der Waals surface area contributed by atoms with Gasteiger partial charge in [-0.2, -0.15) is 9.78 Å². The van der Waals surface area contributed by atoms with E-state index >= 15 is 0 Å². The average molecular weight is 601 g/mol. The van der Waals surface area contributed by atoms with Crippen LogP contribution in [-0.2, 0) is 11.2 Å². The molecule has 2 aliphatic heterocycles. The van der Waals surface area contributed by atoms with Crippen LogP contribution in [0, 0.1) is 24.8 Å². The Hall–Kier alpha value is -4.04. The number of hydrogen-bond acceptors (Lipinski definition) is 10. The van der Waals surface area contributed by atoms with Crippen molar-refractivity contribution in [3.63, 3.8) is 0 Å². The zero-order valence-electron chi connectivity index (χ0n) is 24.1. The predicted octanol–water partition coefficient (Wildman–Crippen LogP) is 4.07. The molecule has 2 fully saturated rings. The fourth-order valence-corrected chi connectivity index (χ4v) is 7.25. The fraction of sp³-hybridized carbons (Fsp3) is 0.448. The van der Waals surface area contributed by atoms with E-state index in [1.54, 1.807) is 16.2 Å². The van der Waals surface area contributed by atoms with Crippen LogP contribution < -0.4 is 9.80 Å². The van der Waals surface area contributed by atoms with Crippen molar-refractivity contribution in [3.05, 3.63) is 51.8 Å². The summed E-state index contributed by atoms with van der Waals surface area (Å²) in [7, 11) is 3.96. The maximum absolute atomic E-state index is 12.6. The van der Waals surface area contributed by atoms with Crippen LogP contribution >= 0.6 is 22.7 Å². The van der Waals surface area contributed by atoms with E-state index in [0.717, 1.165) is 58.7 Å². The van der Waals surface area contributed by atoms with Gasteiger partial charge in [-0.05, 0) is 26.8 Å². The first-order valence-corrected chi connectivity index (χ1v) is 15.6. The van der Waals surface area contributed by atoms with E-state index in [0.29, 0.717) is 35.3 Å². The molecule has 0 aliphatic carbocycles. The van der Waals surface area contributed by atoms with Crippen LogP contribution in [0.1, 0.15) is 29.5 Å². The summed E-state index contributed by atoms with van der Waals surface area (Å²) < 4.78 is 1.90. The molecule has 1 amide bonds. The second-order valence-corrected chi connectivity index (χ2v) is 12.8. The number of nitriles is 1. The average Bonchev–Trinajstić information content (AvgIpc) is 3.74. The number of anilines is 3. The smallest absolute Gasteiger partial charge is 0.258 e. The molecule has 0 spiro atoms. The number of aromatic nitrogens is 4. The zero-order valence-corrected chi connectivity index (χ0v) is 25.7. The van der Waals surface area contributed by atoms with Crippen LogP contribution in [0.5, 0.6) is 0 Å². The number of likely N-dealkylation sites (tertiary alicyclic amines) is 1. The van der Waals surface area contributed by atoms with E-state index in [9.17, 15) is 10.1 Å². The van der Waals surface area contributed by atoms with E-state index in [2.05, 4.69) is 27.6 Å². The summed E-state index contributed by atoms with van der Waals surface area (Å²) in [5.41, 5.74) is 3.70. The minimum atomic E-state index is -0.0403. The summed E-state index contributed by atoms with van der Waals surface area (Å²) in [6.45, 7) is 14.3. The van der Waals surface area contributed by atoms with Gasteiger partial charge in [0.05, 0.1) is 25.3 Å². The number of aryl methyl sites for hydroxylation is 2. The van der Waals surface area contributed by atoms with Crippen LogP contribution in [0.4, 0.5) is 16.1 Å². The SMILES string of the molecule is [C-]#[N+]C1CN(C(=O)CN(C)[C@H]2CCN(c3nn4c(N(C)c5nc(-c6ccc(C)cc6)c(C#N)s5)c(CC)nc4s3)C2)C1. The highest BCUT2D eigenvalue weighted by molar-refractivity contribution is 7.20. The third kappa shape index (κ3) is 5.09. The number of carbonyl (C=O) groups is 1. The van der Waals surface area contributed by atoms with Crippen molar-refractivity contribution >= 4 is 49.6 Å². The highest BCUT2D eigenvalue weighted by atomic mass is 32.1. The Balaban J connectivity index is 1.20. The molecular formula is C29H32N10OS2. The molecule has 216 valence electrons. The van der Waals surface area contributed by atoms with Gasteiger partial charge in [0.2, 0.25) is 16.0 Å². The van der Waals surface area contributed by atoms with Gasteiger partial charge in [-0.3, -0.25) is 9.69 Å². The molecule has 4 aromatic rings. The summed E-state index contributed by atoms with van der Waals surface area (Å²) >= 11 is 2.93. The number of amides is 1. The molecule has 0 N–H and O–H groups in total. The minimum absolute atomic E-state index is 0.0403. The highest BCUT2D eigenvalue weighted by Gasteiger charge is 2.37. The third-order valence-electron chi connectivity index (χ3n) is 8.06. The number of benzene rings is 1. The maximum atomic E-state index is 12.6. The Morgan fingerprint density at radius 1 is 1.19 bits per heavy atom. The Kier molecular flexibility index (Phi) is 7.58. The molecule has 3 aromatic heterocycles. The van der Waals surface area contributed by atoms with E-state index in [-0.39, 0.29) is 18.0 Å². The van der Waals surface area contributed by atoms with Crippen LogP contribution in [0.25, 0.3) is 21.1 Å². The van der Waals surface area contributed by atoms with Gasteiger partial charge in [-0.25, -0.2) is 16.5 Å². The van der Waals surface area contributed by atoms with Crippen molar-refractivity contribution in [1.29, 1.82) is 5.26 Å². The number of carbonyl (C=O) groups excluding carboxylic acids is 1. The van der Waals surface area contributed by atoms with Gasteiger partial charge in [0.25, 0.3) is 6.04 Å². The molecule has 1 atom stereocenters. The number of fused-ring (bicyclic) bond motifs is 1. The van der Waals surface area contributed by atoms with Crippen molar-refractivity contribution in [2.45, 2.75) is 38.8 Å². The van der Waals surface area contributed by atoms with E-state index < -0.39 is 0 Å². The van der Waals surface area contributed by atoms with Gasteiger partial charge in [0.15, 0.2) is 10.9 Å². The number of nitrogens with zero attached hydrogens (tertiary/aromatic N) is 10. The molecule has 2 aliphatic rings. The monoisotopic (exact) mass is 600 g/mol. The fourth-order valence-electron chi connectivity index (χ4n) is 5.45. The van der Waals surface area contributed by atoms with E-state index in [1.165, 1.54) is 11.3 Å². The molecule has 6 rings (SSSR count). The van der Waals surface area contributed by atoms with Crippen molar-refractivity contribution in [1.82, 2.24) is 29.4 Å². The lowest BCUT2D eigenvalue weighted by atomic mass is 10.1. The molecule has 0 unspecified atom stereocenters. The Morgan fingerprint density at radius 2 is 1.95 bits per heavy atom. The van der Waals surface area contributed by atoms with Crippen LogP contribution in [0.3, 0.4) is 0 Å². The molecule has 1 aromatic carbocycles. The quantitative estimate of drug-likeness (QED) is 0.279. The number of rotatable bonds is 8. The predicted molar refractivity (Wildman–Crippen MR) is 166 cm³/mol. The summed E-state index contributed by atoms with van der Waals surface area (Å²) in [5, 5.41) is 16.5. The van der Waals surface area contributed by atoms with Gasteiger partial charge in [-0.15, -0.1) is 5.10 Å². The molecular weight excluding hydrogens is 569 g/mol. The topological polar surface area (TPSA) is 101 Å².